The van der Waals surface area contributed by atoms with Gasteiger partial charge in [-0.15, -0.1) is 0 Å². The summed E-state index contributed by atoms with van der Waals surface area (Å²) in [7, 11) is 0. The highest BCUT2D eigenvalue weighted by molar-refractivity contribution is 5.78. The minimum atomic E-state index is 0.0551. The van der Waals surface area contributed by atoms with Crippen LogP contribution in [-0.2, 0) is 9.53 Å². The average molecular weight is 216 g/mol. The smallest absolute Gasteiger partial charge is 0.234 e. The number of hydrogen-bond acceptors (Lipinski definition) is 3. The van der Waals surface area contributed by atoms with Crippen LogP contribution in [0.15, 0.2) is 0 Å². The van der Waals surface area contributed by atoms with E-state index in [1.165, 1.54) is 0 Å². The van der Waals surface area contributed by atoms with E-state index in [9.17, 15) is 4.79 Å². The lowest BCUT2D eigenvalue weighted by molar-refractivity contribution is -0.120. The van der Waals surface area contributed by atoms with E-state index in [0.717, 1.165) is 32.6 Å². The molecule has 1 amide bonds. The lowest BCUT2D eigenvalue weighted by Gasteiger charge is -2.09. The number of hydrogen-bond donors (Lipinski definition) is 2. The molecule has 0 aliphatic rings. The molecular weight excluding hydrogens is 192 g/mol. The van der Waals surface area contributed by atoms with Gasteiger partial charge in [-0.3, -0.25) is 4.79 Å². The van der Waals surface area contributed by atoms with Crippen LogP contribution in [0.3, 0.4) is 0 Å². The zero-order chi connectivity index (χ0) is 11.5. The van der Waals surface area contributed by atoms with Crippen molar-refractivity contribution in [3.05, 3.63) is 0 Å². The van der Waals surface area contributed by atoms with E-state index in [1.807, 2.05) is 13.8 Å². The number of nitrogens with one attached hydrogen (secondary N) is 2. The van der Waals surface area contributed by atoms with Gasteiger partial charge in [-0.25, -0.2) is 0 Å². The maximum absolute atomic E-state index is 11.2. The quantitative estimate of drug-likeness (QED) is 0.563. The summed E-state index contributed by atoms with van der Waals surface area (Å²) in [6.45, 7) is 8.82. The Hall–Kier alpha value is -0.610. The summed E-state index contributed by atoms with van der Waals surface area (Å²) >= 11 is 0. The van der Waals surface area contributed by atoms with E-state index in [-0.39, 0.29) is 11.9 Å². The Balaban J connectivity index is 3.13. The summed E-state index contributed by atoms with van der Waals surface area (Å²) in [5.74, 6) is 0.0551. The molecular formula is C11H24N2O2. The monoisotopic (exact) mass is 216 g/mol. The molecule has 4 nitrogen and oxygen atoms in total. The van der Waals surface area contributed by atoms with Crippen LogP contribution >= 0.6 is 0 Å². The first kappa shape index (κ1) is 14.4. The SMILES string of the molecule is CCCOCCCNCC(=O)NC(C)C. The fourth-order valence-corrected chi connectivity index (χ4v) is 1.12. The number of ether oxygens (including phenoxy) is 1. The number of rotatable bonds is 9. The minimum Gasteiger partial charge on any atom is -0.381 e. The van der Waals surface area contributed by atoms with Gasteiger partial charge in [0.15, 0.2) is 0 Å². The van der Waals surface area contributed by atoms with Gasteiger partial charge in [-0.05, 0) is 33.2 Å². The Labute approximate surface area is 92.8 Å². The summed E-state index contributed by atoms with van der Waals surface area (Å²) in [5, 5.41) is 5.90. The van der Waals surface area contributed by atoms with Crippen LogP contribution in [0.1, 0.15) is 33.6 Å². The summed E-state index contributed by atoms with van der Waals surface area (Å²) in [5.41, 5.74) is 0. The Morgan fingerprint density at radius 3 is 2.67 bits per heavy atom. The van der Waals surface area contributed by atoms with Crippen molar-refractivity contribution >= 4 is 5.91 Å². The third-order valence-corrected chi connectivity index (χ3v) is 1.73. The molecule has 0 radical (unpaired) electrons. The molecule has 0 rings (SSSR count). The van der Waals surface area contributed by atoms with Crippen molar-refractivity contribution in [2.24, 2.45) is 0 Å². The molecule has 0 aromatic carbocycles. The predicted molar refractivity (Wildman–Crippen MR) is 61.9 cm³/mol. The van der Waals surface area contributed by atoms with E-state index in [4.69, 9.17) is 4.74 Å². The summed E-state index contributed by atoms with van der Waals surface area (Å²) in [6, 6.07) is 0.215. The Morgan fingerprint density at radius 2 is 2.07 bits per heavy atom. The van der Waals surface area contributed by atoms with Crippen molar-refractivity contribution in [1.29, 1.82) is 0 Å². The molecule has 0 fully saturated rings. The van der Waals surface area contributed by atoms with Gasteiger partial charge >= 0.3 is 0 Å². The van der Waals surface area contributed by atoms with Crippen LogP contribution in [-0.4, -0.2) is 38.3 Å². The molecule has 0 saturated heterocycles. The highest BCUT2D eigenvalue weighted by Gasteiger charge is 2.01. The number of amides is 1. The van der Waals surface area contributed by atoms with Crippen molar-refractivity contribution in [1.82, 2.24) is 10.6 Å². The second kappa shape index (κ2) is 9.93. The first-order valence-electron chi connectivity index (χ1n) is 5.74. The first-order chi connectivity index (χ1) is 7.16. The fourth-order valence-electron chi connectivity index (χ4n) is 1.12. The van der Waals surface area contributed by atoms with Crippen molar-refractivity contribution in [3.8, 4) is 0 Å². The Morgan fingerprint density at radius 1 is 1.33 bits per heavy atom. The van der Waals surface area contributed by atoms with Crippen LogP contribution < -0.4 is 10.6 Å². The van der Waals surface area contributed by atoms with Gasteiger partial charge in [0.05, 0.1) is 6.54 Å². The van der Waals surface area contributed by atoms with Crippen molar-refractivity contribution in [2.45, 2.75) is 39.7 Å². The molecule has 4 heteroatoms. The summed E-state index contributed by atoms with van der Waals surface area (Å²) < 4.78 is 5.31. The molecule has 0 heterocycles. The topological polar surface area (TPSA) is 50.4 Å². The Bertz CT molecular complexity index is 161. The normalized spacial score (nSPS) is 10.7. The van der Waals surface area contributed by atoms with Crippen LogP contribution in [0.5, 0.6) is 0 Å². The second-order valence-corrected chi connectivity index (χ2v) is 3.86. The molecule has 0 aliphatic carbocycles. The molecule has 0 aliphatic heterocycles. The zero-order valence-corrected chi connectivity index (χ0v) is 10.1. The molecule has 15 heavy (non-hydrogen) atoms. The van der Waals surface area contributed by atoms with Crippen LogP contribution in [0.25, 0.3) is 0 Å². The first-order valence-corrected chi connectivity index (χ1v) is 5.74. The van der Waals surface area contributed by atoms with E-state index in [2.05, 4.69) is 17.6 Å². The molecule has 0 aromatic rings. The van der Waals surface area contributed by atoms with Crippen LogP contribution in [0.2, 0.25) is 0 Å². The molecule has 0 bridgehead atoms. The highest BCUT2D eigenvalue weighted by atomic mass is 16.5. The van der Waals surface area contributed by atoms with Gasteiger partial charge in [0.1, 0.15) is 0 Å². The zero-order valence-electron chi connectivity index (χ0n) is 10.1. The molecule has 2 N–H and O–H groups in total. The van der Waals surface area contributed by atoms with Crippen molar-refractivity contribution in [3.63, 3.8) is 0 Å². The lowest BCUT2D eigenvalue weighted by Crippen LogP contribution is -2.38. The van der Waals surface area contributed by atoms with E-state index in [0.29, 0.717) is 6.54 Å². The molecule has 0 spiro atoms. The third kappa shape index (κ3) is 11.3. The van der Waals surface area contributed by atoms with Crippen LogP contribution in [0.4, 0.5) is 0 Å². The van der Waals surface area contributed by atoms with Gasteiger partial charge in [0.25, 0.3) is 0 Å². The van der Waals surface area contributed by atoms with Gasteiger partial charge in [-0.2, -0.15) is 0 Å². The standard InChI is InChI=1S/C11H24N2O2/c1-4-7-15-8-5-6-12-9-11(14)13-10(2)3/h10,12H,4-9H2,1-3H3,(H,13,14). The van der Waals surface area contributed by atoms with Gasteiger partial charge in [0, 0.05) is 19.3 Å². The molecule has 0 aromatic heterocycles. The van der Waals surface area contributed by atoms with Gasteiger partial charge in [-0.1, -0.05) is 6.92 Å². The van der Waals surface area contributed by atoms with E-state index < -0.39 is 0 Å². The average Bonchev–Trinajstić information content (AvgIpc) is 2.15. The fraction of sp³-hybridized carbons (Fsp3) is 0.909. The van der Waals surface area contributed by atoms with Crippen LogP contribution in [0, 0.1) is 0 Å². The Kier molecular flexibility index (Phi) is 9.52. The number of carbonyl (C=O) groups excluding carboxylic acids is 1. The lowest BCUT2D eigenvalue weighted by atomic mass is 10.4. The second-order valence-electron chi connectivity index (χ2n) is 3.86. The third-order valence-electron chi connectivity index (χ3n) is 1.73. The summed E-state index contributed by atoms with van der Waals surface area (Å²) in [6.07, 6.45) is 2.01. The summed E-state index contributed by atoms with van der Waals surface area (Å²) in [4.78, 5) is 11.2. The number of carbonyl (C=O) groups is 1. The maximum atomic E-state index is 11.2. The predicted octanol–water partition coefficient (Wildman–Crippen LogP) is 0.917. The molecule has 0 atom stereocenters. The van der Waals surface area contributed by atoms with Crippen molar-refractivity contribution in [2.75, 3.05) is 26.3 Å². The molecule has 90 valence electrons. The van der Waals surface area contributed by atoms with Gasteiger partial charge in [0.2, 0.25) is 5.91 Å². The molecule has 0 unspecified atom stereocenters. The molecule has 0 saturated carbocycles. The largest absolute Gasteiger partial charge is 0.381 e. The minimum absolute atomic E-state index is 0.0551. The van der Waals surface area contributed by atoms with E-state index >= 15 is 0 Å². The highest BCUT2D eigenvalue weighted by Crippen LogP contribution is 1.83. The van der Waals surface area contributed by atoms with E-state index in [1.54, 1.807) is 0 Å². The van der Waals surface area contributed by atoms with Crippen molar-refractivity contribution < 1.29 is 9.53 Å². The maximum Gasteiger partial charge on any atom is 0.234 e. The van der Waals surface area contributed by atoms with Gasteiger partial charge < -0.3 is 15.4 Å².